The maximum Gasteiger partial charge on any atom is 0.216 e. The molecule has 0 amide bonds. The van der Waals surface area contributed by atoms with Crippen molar-refractivity contribution in [1.82, 2.24) is 4.57 Å². The van der Waals surface area contributed by atoms with E-state index in [2.05, 4.69) is 0 Å². The van der Waals surface area contributed by atoms with Crippen LogP contribution in [0, 0.1) is 17.1 Å². The fourth-order valence-corrected chi connectivity index (χ4v) is 4.08. The lowest BCUT2D eigenvalue weighted by molar-refractivity contribution is 0.603. The second-order valence-electron chi connectivity index (χ2n) is 6.64. The smallest absolute Gasteiger partial charge is 0.216 e. The van der Waals surface area contributed by atoms with Crippen molar-refractivity contribution in [3.8, 4) is 11.8 Å². The van der Waals surface area contributed by atoms with Crippen molar-refractivity contribution in [2.45, 2.75) is 24.7 Å². The molecule has 0 fully saturated rings. The average molecular weight is 394 g/mol. The van der Waals surface area contributed by atoms with Gasteiger partial charge >= 0.3 is 0 Å². The number of nitrogens with zero attached hydrogens (tertiary/aromatic N) is 2. The van der Waals surface area contributed by atoms with Gasteiger partial charge in [0.1, 0.15) is 16.8 Å². The fourth-order valence-electron chi connectivity index (χ4n) is 2.90. The first-order chi connectivity index (χ1) is 13.3. The third-order valence-corrected chi connectivity index (χ3v) is 6.00. The minimum Gasteiger partial charge on any atom is -0.320 e. The highest BCUT2D eigenvalue weighted by atomic mass is 32.2. The number of allylic oxidation sites excluding steroid dienone is 1. The van der Waals surface area contributed by atoms with Crippen LogP contribution in [0.4, 0.5) is 4.39 Å². The molecule has 3 aromatic rings. The van der Waals surface area contributed by atoms with E-state index in [-0.39, 0.29) is 21.5 Å². The van der Waals surface area contributed by atoms with Crippen LogP contribution in [0.25, 0.3) is 11.8 Å². The SMILES string of the molecule is CC(C)c1cc(/C=C(\C#N)S(=O)(=O)c2ccccc2)cn1-c1ccc(F)cc1. The number of nitriles is 1. The second-order valence-corrected chi connectivity index (χ2v) is 8.55. The molecule has 4 nitrogen and oxygen atoms in total. The Labute approximate surface area is 164 Å². The minimum atomic E-state index is -3.90. The molecule has 0 N–H and O–H groups in total. The molecule has 0 radical (unpaired) electrons. The molecule has 142 valence electrons. The Bertz CT molecular complexity index is 1150. The molecule has 0 atom stereocenters. The van der Waals surface area contributed by atoms with E-state index in [1.807, 2.05) is 30.6 Å². The summed E-state index contributed by atoms with van der Waals surface area (Å²) in [6.07, 6.45) is 3.12. The molecular weight excluding hydrogens is 375 g/mol. The Balaban J connectivity index is 2.09. The summed E-state index contributed by atoms with van der Waals surface area (Å²) in [4.78, 5) is -0.255. The monoisotopic (exact) mass is 394 g/mol. The summed E-state index contributed by atoms with van der Waals surface area (Å²) in [5.74, 6) is -0.189. The predicted molar refractivity (Wildman–Crippen MR) is 107 cm³/mol. The molecule has 1 aromatic heterocycles. The van der Waals surface area contributed by atoms with Gasteiger partial charge in [0.2, 0.25) is 9.84 Å². The summed E-state index contributed by atoms with van der Waals surface area (Å²) >= 11 is 0. The predicted octanol–water partition coefficient (Wildman–Crippen LogP) is 5.08. The zero-order valence-electron chi connectivity index (χ0n) is 15.5. The highest BCUT2D eigenvalue weighted by Crippen LogP contribution is 2.26. The van der Waals surface area contributed by atoms with E-state index in [0.717, 1.165) is 11.4 Å². The summed E-state index contributed by atoms with van der Waals surface area (Å²) < 4.78 is 40.7. The number of hydrogen-bond acceptors (Lipinski definition) is 3. The molecule has 2 aromatic carbocycles. The zero-order valence-corrected chi connectivity index (χ0v) is 16.3. The number of sulfone groups is 1. The number of aromatic nitrogens is 1. The van der Waals surface area contributed by atoms with Crippen molar-refractivity contribution in [1.29, 1.82) is 5.26 Å². The number of hydrogen-bond donors (Lipinski definition) is 0. The number of halogens is 1. The molecule has 6 heteroatoms. The lowest BCUT2D eigenvalue weighted by atomic mass is 10.1. The normalized spacial score (nSPS) is 12.2. The van der Waals surface area contributed by atoms with E-state index >= 15 is 0 Å². The van der Waals surface area contributed by atoms with Crippen LogP contribution < -0.4 is 0 Å². The number of rotatable bonds is 5. The largest absolute Gasteiger partial charge is 0.320 e. The molecular formula is C22H19FN2O2S. The standard InChI is InChI=1S/C22H19FN2O2S/c1-16(2)22-13-17(15-25(22)19-10-8-18(23)9-11-19)12-21(14-24)28(26,27)20-6-4-3-5-7-20/h3-13,15-16H,1-2H3/b21-12+. The Morgan fingerprint density at radius 2 is 1.75 bits per heavy atom. The van der Waals surface area contributed by atoms with Gasteiger partial charge in [-0.1, -0.05) is 32.0 Å². The van der Waals surface area contributed by atoms with Crippen molar-refractivity contribution in [2.24, 2.45) is 0 Å². The van der Waals surface area contributed by atoms with Crippen LogP contribution in [0.15, 0.2) is 76.7 Å². The van der Waals surface area contributed by atoms with Crippen LogP contribution in [0.1, 0.15) is 31.0 Å². The van der Waals surface area contributed by atoms with Gasteiger partial charge < -0.3 is 4.57 Å². The summed E-state index contributed by atoms with van der Waals surface area (Å²) in [7, 11) is -3.90. The van der Waals surface area contributed by atoms with Gasteiger partial charge in [-0.05, 0) is 60.0 Å². The van der Waals surface area contributed by atoms with Crippen molar-refractivity contribution < 1.29 is 12.8 Å². The quantitative estimate of drug-likeness (QED) is 0.567. The van der Waals surface area contributed by atoms with Gasteiger partial charge in [0.25, 0.3) is 0 Å². The Hall–Kier alpha value is -3.17. The van der Waals surface area contributed by atoms with E-state index in [9.17, 15) is 18.1 Å². The third kappa shape index (κ3) is 3.90. The van der Waals surface area contributed by atoms with E-state index in [4.69, 9.17) is 0 Å². The van der Waals surface area contributed by atoms with Crippen LogP contribution in [0.2, 0.25) is 0 Å². The first-order valence-corrected chi connectivity index (χ1v) is 10.2. The lowest BCUT2D eigenvalue weighted by Crippen LogP contribution is -2.03. The summed E-state index contributed by atoms with van der Waals surface area (Å²) in [5.41, 5.74) is 2.27. The lowest BCUT2D eigenvalue weighted by Gasteiger charge is -2.11. The van der Waals surface area contributed by atoms with E-state index in [1.165, 1.54) is 30.3 Å². The molecule has 0 aliphatic carbocycles. The van der Waals surface area contributed by atoms with Gasteiger partial charge in [-0.2, -0.15) is 5.26 Å². The van der Waals surface area contributed by atoms with Crippen molar-refractivity contribution >= 4 is 15.9 Å². The van der Waals surface area contributed by atoms with Gasteiger partial charge in [0, 0.05) is 17.6 Å². The topological polar surface area (TPSA) is 62.9 Å². The van der Waals surface area contributed by atoms with Crippen molar-refractivity contribution in [2.75, 3.05) is 0 Å². The van der Waals surface area contributed by atoms with Crippen LogP contribution in [0.5, 0.6) is 0 Å². The molecule has 1 heterocycles. The molecule has 0 spiro atoms. The molecule has 0 bridgehead atoms. The fraction of sp³-hybridized carbons (Fsp3) is 0.136. The van der Waals surface area contributed by atoms with Gasteiger partial charge in [0.15, 0.2) is 0 Å². The van der Waals surface area contributed by atoms with Crippen molar-refractivity contribution in [3.05, 3.63) is 88.8 Å². The number of benzene rings is 2. The summed E-state index contributed by atoms with van der Waals surface area (Å²) in [6, 6.07) is 17.6. The van der Waals surface area contributed by atoms with Gasteiger partial charge in [-0.3, -0.25) is 0 Å². The molecule has 3 rings (SSSR count). The van der Waals surface area contributed by atoms with Crippen LogP contribution in [-0.2, 0) is 9.84 Å². The van der Waals surface area contributed by atoms with Crippen LogP contribution in [0.3, 0.4) is 0 Å². The molecule has 0 unspecified atom stereocenters. The van der Waals surface area contributed by atoms with E-state index in [1.54, 1.807) is 36.5 Å². The summed E-state index contributed by atoms with van der Waals surface area (Å²) in [6.45, 7) is 4.02. The first kappa shape index (κ1) is 19.6. The second kappa shape index (κ2) is 7.83. The van der Waals surface area contributed by atoms with E-state index in [0.29, 0.717) is 5.56 Å². The van der Waals surface area contributed by atoms with Gasteiger partial charge in [-0.25, -0.2) is 12.8 Å². The first-order valence-electron chi connectivity index (χ1n) is 8.73. The zero-order chi connectivity index (χ0) is 20.3. The third-order valence-electron chi connectivity index (χ3n) is 4.32. The Kier molecular flexibility index (Phi) is 5.48. The highest BCUT2D eigenvalue weighted by molar-refractivity contribution is 7.95. The van der Waals surface area contributed by atoms with Gasteiger partial charge in [-0.15, -0.1) is 0 Å². The average Bonchev–Trinajstić information content (AvgIpc) is 3.11. The highest BCUT2D eigenvalue weighted by Gasteiger charge is 2.21. The van der Waals surface area contributed by atoms with Crippen molar-refractivity contribution in [3.63, 3.8) is 0 Å². The Morgan fingerprint density at radius 3 is 2.32 bits per heavy atom. The van der Waals surface area contributed by atoms with Crippen LogP contribution >= 0.6 is 0 Å². The maximum absolute atomic E-state index is 13.3. The molecule has 0 saturated heterocycles. The molecule has 28 heavy (non-hydrogen) atoms. The molecule has 0 aliphatic heterocycles. The maximum atomic E-state index is 13.3. The molecule has 0 saturated carbocycles. The molecule has 0 aliphatic rings. The summed E-state index contributed by atoms with van der Waals surface area (Å²) in [5, 5.41) is 9.47. The van der Waals surface area contributed by atoms with Crippen LogP contribution in [-0.4, -0.2) is 13.0 Å². The Morgan fingerprint density at radius 1 is 1.11 bits per heavy atom. The van der Waals surface area contributed by atoms with E-state index < -0.39 is 9.84 Å². The minimum absolute atomic E-state index is 0.0739. The van der Waals surface area contributed by atoms with Gasteiger partial charge in [0.05, 0.1) is 4.90 Å².